The lowest BCUT2D eigenvalue weighted by molar-refractivity contribution is 0.613. The number of nitrogens with zero attached hydrogens (tertiary/aromatic N) is 1. The minimum atomic E-state index is 0.279. The van der Waals surface area contributed by atoms with Gasteiger partial charge in [0, 0.05) is 18.8 Å². The molecule has 1 heterocycles. The standard InChI is InChI=1S/C11H18BrN3/c1-3-9(13)5-7-15-11-10(12)8(2)4-6-14-11/h4,6,9H,3,5,7,13H2,1-2H3,(H,14,15). The monoisotopic (exact) mass is 271 g/mol. The van der Waals surface area contributed by atoms with Crippen LogP contribution in [0.2, 0.25) is 0 Å². The van der Waals surface area contributed by atoms with Gasteiger partial charge in [-0.1, -0.05) is 6.92 Å². The highest BCUT2D eigenvalue weighted by Crippen LogP contribution is 2.22. The van der Waals surface area contributed by atoms with Crippen LogP contribution in [0.25, 0.3) is 0 Å². The van der Waals surface area contributed by atoms with Crippen molar-refractivity contribution in [2.45, 2.75) is 32.7 Å². The molecule has 0 amide bonds. The lowest BCUT2D eigenvalue weighted by Gasteiger charge is -2.11. The van der Waals surface area contributed by atoms with Crippen molar-refractivity contribution in [3.63, 3.8) is 0 Å². The van der Waals surface area contributed by atoms with Gasteiger partial charge in [0.05, 0.1) is 4.47 Å². The Kier molecular flexibility index (Phi) is 5.05. The number of rotatable bonds is 5. The summed E-state index contributed by atoms with van der Waals surface area (Å²) in [7, 11) is 0. The molecule has 0 aliphatic rings. The Balaban J connectivity index is 2.47. The minimum Gasteiger partial charge on any atom is -0.369 e. The molecule has 0 saturated heterocycles. The number of pyridine rings is 1. The van der Waals surface area contributed by atoms with Crippen molar-refractivity contribution in [1.29, 1.82) is 0 Å². The Bertz CT molecular complexity index is 315. The Hall–Kier alpha value is -0.610. The lowest BCUT2D eigenvalue weighted by atomic mass is 10.2. The van der Waals surface area contributed by atoms with Gasteiger partial charge in [0.1, 0.15) is 5.82 Å². The molecule has 0 aliphatic carbocycles. The maximum absolute atomic E-state index is 5.83. The molecule has 15 heavy (non-hydrogen) atoms. The van der Waals surface area contributed by atoms with E-state index in [4.69, 9.17) is 5.73 Å². The molecule has 1 aromatic rings. The molecule has 0 spiro atoms. The molecule has 0 radical (unpaired) electrons. The van der Waals surface area contributed by atoms with Gasteiger partial charge in [-0.05, 0) is 47.3 Å². The summed E-state index contributed by atoms with van der Waals surface area (Å²) in [6, 6.07) is 2.26. The smallest absolute Gasteiger partial charge is 0.140 e. The predicted octanol–water partition coefficient (Wildman–Crippen LogP) is 2.69. The van der Waals surface area contributed by atoms with E-state index in [9.17, 15) is 0 Å². The zero-order valence-corrected chi connectivity index (χ0v) is 10.8. The maximum atomic E-state index is 5.83. The largest absolute Gasteiger partial charge is 0.369 e. The molecule has 3 N–H and O–H groups in total. The molecular weight excluding hydrogens is 254 g/mol. The van der Waals surface area contributed by atoms with Crippen LogP contribution in [0.4, 0.5) is 5.82 Å². The summed E-state index contributed by atoms with van der Waals surface area (Å²) in [5, 5.41) is 3.28. The second kappa shape index (κ2) is 6.08. The van der Waals surface area contributed by atoms with Crippen LogP contribution in [0.1, 0.15) is 25.3 Å². The molecule has 1 atom stereocenters. The summed E-state index contributed by atoms with van der Waals surface area (Å²) >= 11 is 3.51. The fourth-order valence-electron chi connectivity index (χ4n) is 1.24. The number of nitrogens with two attached hydrogens (primary N) is 1. The summed E-state index contributed by atoms with van der Waals surface area (Å²) in [6.45, 7) is 5.02. The molecule has 1 rings (SSSR count). The van der Waals surface area contributed by atoms with Gasteiger partial charge in [0.15, 0.2) is 0 Å². The number of nitrogens with one attached hydrogen (secondary N) is 1. The van der Waals surface area contributed by atoms with Crippen LogP contribution in [-0.2, 0) is 0 Å². The third-order valence-corrected chi connectivity index (χ3v) is 3.42. The van der Waals surface area contributed by atoms with Crippen LogP contribution < -0.4 is 11.1 Å². The van der Waals surface area contributed by atoms with Crippen molar-refractivity contribution in [3.05, 3.63) is 22.3 Å². The van der Waals surface area contributed by atoms with Crippen molar-refractivity contribution < 1.29 is 0 Å². The molecular formula is C11H18BrN3. The summed E-state index contributed by atoms with van der Waals surface area (Å²) < 4.78 is 1.04. The van der Waals surface area contributed by atoms with Crippen molar-refractivity contribution in [1.82, 2.24) is 4.98 Å². The fraction of sp³-hybridized carbons (Fsp3) is 0.545. The van der Waals surface area contributed by atoms with Crippen LogP contribution in [0.3, 0.4) is 0 Å². The number of hydrogen-bond donors (Lipinski definition) is 2. The topological polar surface area (TPSA) is 50.9 Å². The van der Waals surface area contributed by atoms with Gasteiger partial charge in [-0.2, -0.15) is 0 Å². The molecule has 3 nitrogen and oxygen atoms in total. The molecule has 4 heteroatoms. The van der Waals surface area contributed by atoms with Gasteiger partial charge in [0.25, 0.3) is 0 Å². The van der Waals surface area contributed by atoms with Crippen LogP contribution >= 0.6 is 15.9 Å². The summed E-state index contributed by atoms with van der Waals surface area (Å²) in [5.41, 5.74) is 7.02. The molecule has 1 unspecified atom stereocenters. The van der Waals surface area contributed by atoms with E-state index in [0.29, 0.717) is 0 Å². The van der Waals surface area contributed by atoms with Gasteiger partial charge in [-0.25, -0.2) is 4.98 Å². The molecule has 0 saturated carbocycles. The van der Waals surface area contributed by atoms with E-state index in [1.165, 1.54) is 5.56 Å². The third-order valence-electron chi connectivity index (χ3n) is 2.41. The Morgan fingerprint density at radius 1 is 1.60 bits per heavy atom. The van der Waals surface area contributed by atoms with Crippen LogP contribution in [0.5, 0.6) is 0 Å². The van der Waals surface area contributed by atoms with Gasteiger partial charge in [0.2, 0.25) is 0 Å². The molecule has 0 aliphatic heterocycles. The summed E-state index contributed by atoms with van der Waals surface area (Å²) in [5.74, 6) is 0.901. The van der Waals surface area contributed by atoms with Crippen molar-refractivity contribution in [3.8, 4) is 0 Å². The maximum Gasteiger partial charge on any atom is 0.140 e. The number of aryl methyl sites for hydroxylation is 1. The molecule has 1 aromatic heterocycles. The number of halogens is 1. The van der Waals surface area contributed by atoms with Crippen LogP contribution in [-0.4, -0.2) is 17.6 Å². The highest BCUT2D eigenvalue weighted by Gasteiger charge is 2.04. The Morgan fingerprint density at radius 3 is 3.00 bits per heavy atom. The SMILES string of the molecule is CCC(N)CCNc1nccc(C)c1Br. The summed E-state index contributed by atoms with van der Waals surface area (Å²) in [6.07, 6.45) is 3.80. The summed E-state index contributed by atoms with van der Waals surface area (Å²) in [4.78, 5) is 4.26. The van der Waals surface area contributed by atoms with E-state index in [0.717, 1.165) is 29.7 Å². The van der Waals surface area contributed by atoms with E-state index in [-0.39, 0.29) is 6.04 Å². The van der Waals surface area contributed by atoms with Crippen molar-refractivity contribution in [2.24, 2.45) is 5.73 Å². The zero-order chi connectivity index (χ0) is 11.3. The molecule has 0 aromatic carbocycles. The van der Waals surface area contributed by atoms with Crippen molar-refractivity contribution in [2.75, 3.05) is 11.9 Å². The highest BCUT2D eigenvalue weighted by molar-refractivity contribution is 9.10. The van der Waals surface area contributed by atoms with E-state index in [2.05, 4.69) is 40.1 Å². The first-order valence-electron chi connectivity index (χ1n) is 5.25. The minimum absolute atomic E-state index is 0.279. The fourth-order valence-corrected chi connectivity index (χ4v) is 1.62. The normalized spacial score (nSPS) is 12.5. The first-order valence-corrected chi connectivity index (χ1v) is 6.05. The van der Waals surface area contributed by atoms with Gasteiger partial charge in [-0.15, -0.1) is 0 Å². The van der Waals surface area contributed by atoms with Crippen LogP contribution in [0, 0.1) is 6.92 Å². The highest BCUT2D eigenvalue weighted by atomic mass is 79.9. The third kappa shape index (κ3) is 3.80. The average Bonchev–Trinajstić information content (AvgIpc) is 2.24. The quantitative estimate of drug-likeness (QED) is 0.866. The van der Waals surface area contributed by atoms with E-state index >= 15 is 0 Å². The Labute approximate surface area is 99.6 Å². The van der Waals surface area contributed by atoms with E-state index in [1.807, 2.05) is 12.3 Å². The molecule has 0 bridgehead atoms. The number of hydrogen-bond acceptors (Lipinski definition) is 3. The van der Waals surface area contributed by atoms with Gasteiger partial charge < -0.3 is 11.1 Å². The van der Waals surface area contributed by atoms with E-state index < -0.39 is 0 Å². The van der Waals surface area contributed by atoms with Crippen LogP contribution in [0.15, 0.2) is 16.7 Å². The Morgan fingerprint density at radius 2 is 2.33 bits per heavy atom. The zero-order valence-electron chi connectivity index (χ0n) is 9.26. The van der Waals surface area contributed by atoms with Crippen molar-refractivity contribution >= 4 is 21.7 Å². The second-order valence-corrected chi connectivity index (χ2v) is 4.47. The number of aromatic nitrogens is 1. The lowest BCUT2D eigenvalue weighted by Crippen LogP contribution is -2.22. The van der Waals surface area contributed by atoms with Gasteiger partial charge >= 0.3 is 0 Å². The van der Waals surface area contributed by atoms with Gasteiger partial charge in [-0.3, -0.25) is 0 Å². The van der Waals surface area contributed by atoms with E-state index in [1.54, 1.807) is 0 Å². The second-order valence-electron chi connectivity index (χ2n) is 3.67. The first kappa shape index (κ1) is 12.5. The first-order chi connectivity index (χ1) is 7.15. The molecule has 84 valence electrons. The predicted molar refractivity (Wildman–Crippen MR) is 68.0 cm³/mol. The number of anilines is 1. The average molecular weight is 272 g/mol. The molecule has 0 fully saturated rings.